The van der Waals surface area contributed by atoms with Crippen LogP contribution in [0, 0.1) is 6.92 Å². The fraction of sp³-hybridized carbons (Fsp3) is 0.259. The van der Waals surface area contributed by atoms with Gasteiger partial charge in [0.1, 0.15) is 9.71 Å². The van der Waals surface area contributed by atoms with Crippen LogP contribution in [-0.4, -0.2) is 28.9 Å². The fourth-order valence-corrected chi connectivity index (χ4v) is 5.50. The number of aryl methyl sites for hydroxylation is 1. The number of aromatic nitrogens is 1. The van der Waals surface area contributed by atoms with E-state index < -0.39 is 0 Å². The molecule has 4 aromatic rings. The van der Waals surface area contributed by atoms with Crippen molar-refractivity contribution in [3.05, 3.63) is 71.1 Å². The van der Waals surface area contributed by atoms with Crippen molar-refractivity contribution in [3.63, 3.8) is 0 Å². The van der Waals surface area contributed by atoms with Gasteiger partial charge in [0.25, 0.3) is 5.91 Å². The Labute approximate surface area is 192 Å². The molecule has 1 amide bonds. The second-order valence-corrected chi connectivity index (χ2v) is 9.52. The minimum atomic E-state index is 0.0449. The summed E-state index contributed by atoms with van der Waals surface area (Å²) in [4.78, 5) is 21.8. The van der Waals surface area contributed by atoms with Crippen molar-refractivity contribution in [2.24, 2.45) is 0 Å². The topological polar surface area (TPSA) is 59.2 Å². The molecular formula is C27H27N3OS. The van der Waals surface area contributed by atoms with E-state index in [0.29, 0.717) is 10.6 Å². The number of thiophene rings is 1. The van der Waals surface area contributed by atoms with Gasteiger partial charge in [0.2, 0.25) is 0 Å². The number of anilines is 1. The van der Waals surface area contributed by atoms with Crippen molar-refractivity contribution in [2.75, 3.05) is 18.8 Å². The molecule has 2 aromatic carbocycles. The molecule has 2 N–H and O–H groups in total. The Morgan fingerprint density at radius 2 is 1.62 bits per heavy atom. The number of amides is 1. The highest BCUT2D eigenvalue weighted by Gasteiger charge is 2.25. The third-order valence-electron chi connectivity index (χ3n) is 6.22. The molecule has 0 unspecified atom stereocenters. The van der Waals surface area contributed by atoms with Crippen LogP contribution in [0.25, 0.3) is 32.6 Å². The van der Waals surface area contributed by atoms with Gasteiger partial charge >= 0.3 is 0 Å². The van der Waals surface area contributed by atoms with E-state index in [1.54, 1.807) is 0 Å². The Morgan fingerprint density at radius 1 is 0.938 bits per heavy atom. The summed E-state index contributed by atoms with van der Waals surface area (Å²) in [5.41, 5.74) is 12.5. The lowest BCUT2D eigenvalue weighted by molar-refractivity contribution is 0.0767. The van der Waals surface area contributed by atoms with Crippen molar-refractivity contribution in [2.45, 2.75) is 32.6 Å². The highest BCUT2D eigenvalue weighted by Crippen LogP contribution is 2.42. The number of pyridine rings is 1. The number of hydrogen-bond acceptors (Lipinski definition) is 4. The van der Waals surface area contributed by atoms with Gasteiger partial charge in [-0.25, -0.2) is 4.98 Å². The van der Waals surface area contributed by atoms with E-state index in [1.165, 1.54) is 29.7 Å². The third kappa shape index (κ3) is 3.89. The van der Waals surface area contributed by atoms with Gasteiger partial charge in [-0.15, -0.1) is 11.3 Å². The SMILES string of the molecule is Cc1ccc(-c2cc(-c3ccccc3)nc3sc(C(=O)N4CCCCCC4)c(N)c23)cc1. The molecule has 5 heteroatoms. The van der Waals surface area contributed by atoms with Gasteiger partial charge in [0.15, 0.2) is 0 Å². The standard InChI is InChI=1S/C27H27N3OS/c1-18-11-13-19(14-12-18)21-17-22(20-9-5-4-6-10-20)29-26-23(21)24(28)25(32-26)27(31)30-15-7-2-3-8-16-30/h4-6,9-14,17H,2-3,7-8,15-16,28H2,1H3. The predicted molar refractivity (Wildman–Crippen MR) is 134 cm³/mol. The van der Waals surface area contributed by atoms with E-state index in [1.807, 2.05) is 23.1 Å². The molecule has 3 heterocycles. The largest absolute Gasteiger partial charge is 0.397 e. The summed E-state index contributed by atoms with van der Waals surface area (Å²) in [5.74, 6) is 0.0449. The second-order valence-electron chi connectivity index (χ2n) is 8.52. The molecule has 1 aliphatic heterocycles. The highest BCUT2D eigenvalue weighted by atomic mass is 32.1. The van der Waals surface area contributed by atoms with Crippen LogP contribution in [0.15, 0.2) is 60.7 Å². The molecule has 0 saturated carbocycles. The molecule has 32 heavy (non-hydrogen) atoms. The van der Waals surface area contributed by atoms with Gasteiger partial charge < -0.3 is 10.6 Å². The Bertz CT molecular complexity index is 1250. The normalized spacial score (nSPS) is 14.5. The van der Waals surface area contributed by atoms with E-state index in [0.717, 1.165) is 58.5 Å². The maximum atomic E-state index is 13.4. The number of nitrogens with zero attached hydrogens (tertiary/aromatic N) is 2. The molecule has 5 rings (SSSR count). The van der Waals surface area contributed by atoms with Crippen LogP contribution in [0.1, 0.15) is 40.9 Å². The summed E-state index contributed by atoms with van der Waals surface area (Å²) >= 11 is 1.43. The number of hydrogen-bond donors (Lipinski definition) is 1. The zero-order chi connectivity index (χ0) is 22.1. The summed E-state index contributed by atoms with van der Waals surface area (Å²) in [6, 6.07) is 20.7. The summed E-state index contributed by atoms with van der Waals surface area (Å²) < 4.78 is 0. The molecule has 0 aliphatic carbocycles. The number of carbonyl (C=O) groups is 1. The smallest absolute Gasteiger partial charge is 0.266 e. The van der Waals surface area contributed by atoms with Gasteiger partial charge in [-0.1, -0.05) is 73.0 Å². The molecule has 162 valence electrons. The van der Waals surface area contributed by atoms with Crippen molar-refractivity contribution < 1.29 is 4.79 Å². The van der Waals surface area contributed by atoms with Crippen LogP contribution < -0.4 is 5.73 Å². The van der Waals surface area contributed by atoms with Gasteiger partial charge in [-0.3, -0.25) is 4.79 Å². The zero-order valence-electron chi connectivity index (χ0n) is 18.3. The molecule has 1 saturated heterocycles. The van der Waals surface area contributed by atoms with Crippen LogP contribution in [0.4, 0.5) is 5.69 Å². The number of carbonyl (C=O) groups excluding carboxylic acids is 1. The molecule has 0 radical (unpaired) electrons. The Kier molecular flexibility index (Phi) is 5.66. The number of nitrogen functional groups attached to an aromatic ring is 1. The Balaban J connectivity index is 1.69. The maximum Gasteiger partial charge on any atom is 0.266 e. The number of rotatable bonds is 3. The molecule has 1 aliphatic rings. The first-order chi connectivity index (χ1) is 15.6. The monoisotopic (exact) mass is 441 g/mol. The quantitative estimate of drug-likeness (QED) is 0.393. The average molecular weight is 442 g/mol. The Morgan fingerprint density at radius 3 is 2.31 bits per heavy atom. The van der Waals surface area contributed by atoms with Crippen LogP contribution in [-0.2, 0) is 0 Å². The van der Waals surface area contributed by atoms with E-state index in [-0.39, 0.29) is 5.91 Å². The summed E-state index contributed by atoms with van der Waals surface area (Å²) in [7, 11) is 0. The van der Waals surface area contributed by atoms with Crippen molar-refractivity contribution >= 4 is 33.1 Å². The summed E-state index contributed by atoms with van der Waals surface area (Å²) in [6.45, 7) is 3.69. The first kappa shape index (κ1) is 20.7. The zero-order valence-corrected chi connectivity index (χ0v) is 19.1. The van der Waals surface area contributed by atoms with Crippen LogP contribution in [0.2, 0.25) is 0 Å². The highest BCUT2D eigenvalue weighted by molar-refractivity contribution is 7.21. The molecule has 0 atom stereocenters. The molecule has 0 bridgehead atoms. The van der Waals surface area contributed by atoms with Crippen LogP contribution >= 0.6 is 11.3 Å². The molecule has 0 spiro atoms. The average Bonchev–Trinajstić information content (AvgIpc) is 2.99. The molecular weight excluding hydrogens is 414 g/mol. The predicted octanol–water partition coefficient (Wildman–Crippen LogP) is 6.54. The van der Waals surface area contributed by atoms with E-state index in [2.05, 4.69) is 49.4 Å². The second kappa shape index (κ2) is 8.75. The van der Waals surface area contributed by atoms with Gasteiger partial charge in [-0.2, -0.15) is 0 Å². The summed E-state index contributed by atoms with van der Waals surface area (Å²) in [6.07, 6.45) is 4.49. The minimum Gasteiger partial charge on any atom is -0.397 e. The molecule has 1 fully saturated rings. The molecule has 2 aromatic heterocycles. The lowest BCUT2D eigenvalue weighted by Crippen LogP contribution is -2.31. The van der Waals surface area contributed by atoms with Crippen molar-refractivity contribution in [1.29, 1.82) is 0 Å². The first-order valence-electron chi connectivity index (χ1n) is 11.3. The maximum absolute atomic E-state index is 13.4. The van der Waals surface area contributed by atoms with Gasteiger partial charge in [-0.05, 0) is 37.0 Å². The summed E-state index contributed by atoms with van der Waals surface area (Å²) in [5, 5.41) is 0.886. The lowest BCUT2D eigenvalue weighted by atomic mass is 9.98. The van der Waals surface area contributed by atoms with Crippen LogP contribution in [0.3, 0.4) is 0 Å². The Hall–Kier alpha value is -3.18. The lowest BCUT2D eigenvalue weighted by Gasteiger charge is -2.19. The van der Waals surface area contributed by atoms with E-state index in [4.69, 9.17) is 10.7 Å². The van der Waals surface area contributed by atoms with Crippen molar-refractivity contribution in [3.8, 4) is 22.4 Å². The number of likely N-dealkylation sites (tertiary alicyclic amines) is 1. The fourth-order valence-electron chi connectivity index (χ4n) is 4.41. The minimum absolute atomic E-state index is 0.0449. The number of fused-ring (bicyclic) bond motifs is 1. The number of nitrogens with two attached hydrogens (primary N) is 1. The van der Waals surface area contributed by atoms with Crippen molar-refractivity contribution in [1.82, 2.24) is 9.88 Å². The third-order valence-corrected chi connectivity index (χ3v) is 7.31. The van der Waals surface area contributed by atoms with E-state index in [9.17, 15) is 4.79 Å². The van der Waals surface area contributed by atoms with Crippen LogP contribution in [0.5, 0.6) is 0 Å². The first-order valence-corrected chi connectivity index (χ1v) is 12.1. The van der Waals surface area contributed by atoms with Gasteiger partial charge in [0.05, 0.1) is 11.4 Å². The van der Waals surface area contributed by atoms with Gasteiger partial charge in [0, 0.05) is 24.0 Å². The number of benzene rings is 2. The molecule has 4 nitrogen and oxygen atoms in total. The van der Waals surface area contributed by atoms with E-state index >= 15 is 0 Å².